The molecular formula is C5H4NW-. The van der Waals surface area contributed by atoms with Crippen molar-refractivity contribution in [2.45, 2.75) is 0 Å². The largest absolute Gasteiger partial charge is 0.394 e. The number of nitrogens with zero attached hydrogens (tertiary/aromatic N) is 1. The quantitative estimate of drug-likeness (QED) is 0.632. The maximum Gasteiger partial charge on any atom is 0 e. The summed E-state index contributed by atoms with van der Waals surface area (Å²) in [4.78, 5) is 3.66. The average Bonchev–Trinajstić information content (AvgIpc) is 1.72. The Morgan fingerprint density at radius 3 is 2.29 bits per heavy atom. The third-order valence-corrected chi connectivity index (χ3v) is 0.517. The Labute approximate surface area is 57.0 Å². The van der Waals surface area contributed by atoms with Crippen LogP contribution in [0.15, 0.2) is 24.4 Å². The molecule has 2 heteroatoms. The fourth-order valence-corrected chi connectivity index (χ4v) is 0.277. The monoisotopic (exact) mass is 262 g/mol. The minimum Gasteiger partial charge on any atom is -0.394 e. The Balaban J connectivity index is 0.000000360. The topological polar surface area (TPSA) is 12.9 Å². The molecule has 1 rings (SSSR count). The van der Waals surface area contributed by atoms with Crippen LogP contribution >= 0.6 is 0 Å². The van der Waals surface area contributed by atoms with Gasteiger partial charge in [-0.25, -0.2) is 0 Å². The van der Waals surface area contributed by atoms with Crippen LogP contribution in [-0.2, 0) is 21.1 Å². The first-order valence-electron chi connectivity index (χ1n) is 1.77. The first-order chi connectivity index (χ1) is 3.00. The van der Waals surface area contributed by atoms with Crippen LogP contribution in [0.25, 0.3) is 0 Å². The zero-order valence-electron chi connectivity index (χ0n) is 3.66. The minimum atomic E-state index is 0. The van der Waals surface area contributed by atoms with Crippen molar-refractivity contribution in [3.8, 4) is 0 Å². The SMILES string of the molecule is [W].[c-]1ccccn1. The van der Waals surface area contributed by atoms with Crippen LogP contribution in [0.5, 0.6) is 0 Å². The summed E-state index contributed by atoms with van der Waals surface area (Å²) in [6.07, 6.45) is 4.34. The summed E-state index contributed by atoms with van der Waals surface area (Å²) in [5.41, 5.74) is 0. The first kappa shape index (κ1) is 6.84. The van der Waals surface area contributed by atoms with Gasteiger partial charge in [-0.2, -0.15) is 18.2 Å². The molecule has 0 N–H and O–H groups in total. The number of rotatable bonds is 0. The molecule has 1 aromatic heterocycles. The third kappa shape index (κ3) is 2.52. The Hall–Kier alpha value is -0.162. The molecule has 0 unspecified atom stereocenters. The van der Waals surface area contributed by atoms with Crippen LogP contribution in [0.2, 0.25) is 0 Å². The standard InChI is InChI=1S/C5H4N.W/c1-2-4-6-5-3-1;/h1-4H;/q-1;. The van der Waals surface area contributed by atoms with E-state index in [1.54, 1.807) is 12.3 Å². The summed E-state index contributed by atoms with van der Waals surface area (Å²) in [6, 6.07) is 5.50. The molecular weight excluding hydrogens is 258 g/mol. The van der Waals surface area contributed by atoms with E-state index >= 15 is 0 Å². The summed E-state index contributed by atoms with van der Waals surface area (Å²) in [7, 11) is 0. The first-order valence-corrected chi connectivity index (χ1v) is 1.77. The van der Waals surface area contributed by atoms with Crippen LogP contribution in [0.3, 0.4) is 0 Å². The smallest absolute Gasteiger partial charge is 0 e. The van der Waals surface area contributed by atoms with Gasteiger partial charge in [-0.15, -0.1) is 0 Å². The Bertz CT molecular complexity index is 80.0. The molecule has 0 radical (unpaired) electrons. The molecule has 0 aromatic carbocycles. The van der Waals surface area contributed by atoms with E-state index in [1.807, 2.05) is 12.1 Å². The predicted molar refractivity (Wildman–Crippen MR) is 23.1 cm³/mol. The van der Waals surface area contributed by atoms with Crippen LogP contribution in [0.1, 0.15) is 0 Å². The third-order valence-electron chi connectivity index (χ3n) is 0.517. The molecule has 0 saturated heterocycles. The Morgan fingerprint density at radius 1 is 1.29 bits per heavy atom. The average molecular weight is 262 g/mol. The number of hydrogen-bond acceptors (Lipinski definition) is 1. The zero-order chi connectivity index (χ0) is 4.24. The van der Waals surface area contributed by atoms with E-state index in [9.17, 15) is 0 Å². The molecule has 0 amide bonds. The van der Waals surface area contributed by atoms with Crippen LogP contribution < -0.4 is 0 Å². The summed E-state index contributed by atoms with van der Waals surface area (Å²) in [5.74, 6) is 0. The summed E-state index contributed by atoms with van der Waals surface area (Å²) in [5, 5.41) is 0. The van der Waals surface area contributed by atoms with E-state index in [0.717, 1.165) is 0 Å². The number of hydrogen-bond donors (Lipinski definition) is 0. The van der Waals surface area contributed by atoms with Crippen molar-refractivity contribution in [3.63, 3.8) is 0 Å². The predicted octanol–water partition coefficient (Wildman–Crippen LogP) is 0.879. The van der Waals surface area contributed by atoms with Crippen molar-refractivity contribution in [1.82, 2.24) is 4.98 Å². The van der Waals surface area contributed by atoms with Crippen LogP contribution in [0.4, 0.5) is 0 Å². The number of aromatic nitrogens is 1. The van der Waals surface area contributed by atoms with Gasteiger partial charge in [0.05, 0.1) is 0 Å². The Morgan fingerprint density at radius 2 is 2.14 bits per heavy atom. The maximum atomic E-state index is 3.66. The second-order valence-electron chi connectivity index (χ2n) is 0.959. The van der Waals surface area contributed by atoms with Crippen molar-refractivity contribution >= 4 is 0 Å². The van der Waals surface area contributed by atoms with Gasteiger partial charge in [0.2, 0.25) is 0 Å². The molecule has 0 atom stereocenters. The molecule has 0 saturated carbocycles. The van der Waals surface area contributed by atoms with Gasteiger partial charge in [-0.05, 0) is 0 Å². The minimum absolute atomic E-state index is 0. The summed E-state index contributed by atoms with van der Waals surface area (Å²) in [6.45, 7) is 0. The second-order valence-corrected chi connectivity index (χ2v) is 0.959. The van der Waals surface area contributed by atoms with Gasteiger partial charge < -0.3 is 4.98 Å². The van der Waals surface area contributed by atoms with E-state index in [0.29, 0.717) is 0 Å². The van der Waals surface area contributed by atoms with E-state index in [-0.39, 0.29) is 21.1 Å². The summed E-state index contributed by atoms with van der Waals surface area (Å²) < 4.78 is 0. The molecule has 0 bridgehead atoms. The van der Waals surface area contributed by atoms with Gasteiger partial charge >= 0.3 is 0 Å². The van der Waals surface area contributed by atoms with Crippen molar-refractivity contribution in [1.29, 1.82) is 0 Å². The molecule has 0 aliphatic carbocycles. The normalized spacial score (nSPS) is 6.86. The van der Waals surface area contributed by atoms with Crippen LogP contribution in [-0.4, -0.2) is 4.98 Å². The van der Waals surface area contributed by atoms with Gasteiger partial charge in [0, 0.05) is 21.1 Å². The molecule has 1 heterocycles. The molecule has 1 aromatic rings. The fraction of sp³-hybridized carbons (Fsp3) is 0. The van der Waals surface area contributed by atoms with E-state index in [1.165, 1.54) is 0 Å². The Kier molecular flexibility index (Phi) is 3.92. The van der Waals surface area contributed by atoms with Gasteiger partial charge in [0.15, 0.2) is 0 Å². The fourth-order valence-electron chi connectivity index (χ4n) is 0.277. The van der Waals surface area contributed by atoms with Gasteiger partial charge in [0.25, 0.3) is 0 Å². The molecule has 0 aliphatic rings. The molecule has 0 fully saturated rings. The molecule has 36 valence electrons. The van der Waals surface area contributed by atoms with Crippen molar-refractivity contribution in [2.24, 2.45) is 0 Å². The van der Waals surface area contributed by atoms with Crippen molar-refractivity contribution < 1.29 is 21.1 Å². The second kappa shape index (κ2) is 4.01. The zero-order valence-corrected chi connectivity index (χ0v) is 6.60. The molecule has 0 spiro atoms. The maximum absolute atomic E-state index is 3.66. The van der Waals surface area contributed by atoms with Crippen molar-refractivity contribution in [3.05, 3.63) is 30.6 Å². The van der Waals surface area contributed by atoms with Crippen molar-refractivity contribution in [2.75, 3.05) is 0 Å². The summed E-state index contributed by atoms with van der Waals surface area (Å²) >= 11 is 0. The molecule has 1 nitrogen and oxygen atoms in total. The molecule has 7 heavy (non-hydrogen) atoms. The van der Waals surface area contributed by atoms with E-state index < -0.39 is 0 Å². The van der Waals surface area contributed by atoms with Gasteiger partial charge in [-0.3, -0.25) is 0 Å². The van der Waals surface area contributed by atoms with Gasteiger partial charge in [0.1, 0.15) is 0 Å². The number of pyridine rings is 1. The van der Waals surface area contributed by atoms with Crippen LogP contribution in [0, 0.1) is 6.20 Å². The van der Waals surface area contributed by atoms with E-state index in [4.69, 9.17) is 0 Å². The molecule has 0 aliphatic heterocycles. The van der Waals surface area contributed by atoms with Gasteiger partial charge in [-0.1, -0.05) is 12.4 Å². The van der Waals surface area contributed by atoms with E-state index in [2.05, 4.69) is 11.2 Å².